The molecule has 2 rings (SSSR count). The number of hydrogen-bond acceptors (Lipinski definition) is 0. The Morgan fingerprint density at radius 1 is 0.611 bits per heavy atom. The Labute approximate surface area is 111 Å². The summed E-state index contributed by atoms with van der Waals surface area (Å²) in [5, 5.41) is 0. The fourth-order valence-electron chi connectivity index (χ4n) is 1.73. The predicted molar refractivity (Wildman–Crippen MR) is 82.6 cm³/mol. The first kappa shape index (κ1) is 14.2. The average molecular weight is 238 g/mol. The molecular formula is C18H22. The van der Waals surface area contributed by atoms with Gasteiger partial charge in [0.2, 0.25) is 0 Å². The lowest BCUT2D eigenvalue weighted by atomic mass is 10.0. The normalized spacial score (nSPS) is 10.0. The topological polar surface area (TPSA) is 0 Å². The Balaban J connectivity index is 0.000000771. The molecule has 94 valence electrons. The van der Waals surface area contributed by atoms with E-state index in [4.69, 9.17) is 0 Å². The lowest BCUT2D eigenvalue weighted by Gasteiger charge is -2.01. The van der Waals surface area contributed by atoms with E-state index in [1.54, 1.807) is 0 Å². The third kappa shape index (κ3) is 3.89. The molecule has 0 radical (unpaired) electrons. The van der Waals surface area contributed by atoms with Crippen LogP contribution in [0, 0.1) is 13.8 Å². The van der Waals surface area contributed by atoms with Crippen LogP contribution < -0.4 is 0 Å². The minimum atomic E-state index is 1.28. The summed E-state index contributed by atoms with van der Waals surface area (Å²) in [7, 11) is 0. The maximum Gasteiger partial charge on any atom is -0.0227 e. The van der Waals surface area contributed by atoms with E-state index < -0.39 is 0 Å². The van der Waals surface area contributed by atoms with E-state index in [9.17, 15) is 0 Å². The summed E-state index contributed by atoms with van der Waals surface area (Å²) < 4.78 is 0. The van der Waals surface area contributed by atoms with Gasteiger partial charge in [0, 0.05) is 0 Å². The van der Waals surface area contributed by atoms with Crippen molar-refractivity contribution in [1.82, 2.24) is 0 Å². The van der Waals surface area contributed by atoms with Gasteiger partial charge in [-0.3, -0.25) is 0 Å². The Morgan fingerprint density at radius 3 is 1.28 bits per heavy atom. The van der Waals surface area contributed by atoms with Gasteiger partial charge in [0.1, 0.15) is 0 Å². The molecule has 0 saturated heterocycles. The van der Waals surface area contributed by atoms with Crippen LogP contribution in [0.25, 0.3) is 12.2 Å². The molecule has 0 aliphatic rings. The standard InChI is InChI=1S/C16H16.C2H6/c1-13-7-3-5-9-15(13)11-12-16-10-6-4-8-14(16)2;1-2/h3-12H,1-2H3;1-2H3/b12-11-;. The van der Waals surface area contributed by atoms with Crippen LogP contribution in [0.5, 0.6) is 0 Å². The number of aryl methyl sites for hydroxylation is 2. The van der Waals surface area contributed by atoms with Gasteiger partial charge < -0.3 is 0 Å². The van der Waals surface area contributed by atoms with Gasteiger partial charge in [-0.1, -0.05) is 74.5 Å². The van der Waals surface area contributed by atoms with Crippen molar-refractivity contribution in [2.45, 2.75) is 27.7 Å². The van der Waals surface area contributed by atoms with Gasteiger partial charge in [-0.2, -0.15) is 0 Å². The second-order valence-corrected chi connectivity index (χ2v) is 4.05. The molecule has 2 aromatic rings. The van der Waals surface area contributed by atoms with E-state index >= 15 is 0 Å². The fourth-order valence-corrected chi connectivity index (χ4v) is 1.73. The van der Waals surface area contributed by atoms with Crippen molar-refractivity contribution in [3.05, 3.63) is 70.8 Å². The zero-order chi connectivity index (χ0) is 13.4. The van der Waals surface area contributed by atoms with Gasteiger partial charge in [-0.25, -0.2) is 0 Å². The molecular weight excluding hydrogens is 216 g/mol. The third-order valence-electron chi connectivity index (χ3n) is 2.82. The van der Waals surface area contributed by atoms with Crippen molar-refractivity contribution < 1.29 is 0 Å². The Morgan fingerprint density at radius 2 is 0.944 bits per heavy atom. The zero-order valence-electron chi connectivity index (χ0n) is 11.8. The molecule has 0 atom stereocenters. The highest BCUT2D eigenvalue weighted by Gasteiger charge is 1.93. The maximum atomic E-state index is 2.18. The summed E-state index contributed by atoms with van der Waals surface area (Å²) in [6, 6.07) is 16.8. The van der Waals surface area contributed by atoms with Gasteiger partial charge in [0.25, 0.3) is 0 Å². The largest absolute Gasteiger partial charge is 0.0683 e. The minimum Gasteiger partial charge on any atom is -0.0683 e. The second-order valence-electron chi connectivity index (χ2n) is 4.05. The summed E-state index contributed by atoms with van der Waals surface area (Å²) >= 11 is 0. The molecule has 0 unspecified atom stereocenters. The molecule has 0 nitrogen and oxygen atoms in total. The molecule has 0 bridgehead atoms. The third-order valence-corrected chi connectivity index (χ3v) is 2.82. The number of benzene rings is 2. The first-order chi connectivity index (χ1) is 8.77. The SMILES string of the molecule is CC.Cc1ccccc1/C=C\c1ccccc1C. The smallest absolute Gasteiger partial charge is 0.0227 e. The van der Waals surface area contributed by atoms with Crippen molar-refractivity contribution in [2.75, 3.05) is 0 Å². The quantitative estimate of drug-likeness (QED) is 0.606. The van der Waals surface area contributed by atoms with E-state index in [0.29, 0.717) is 0 Å². The lowest BCUT2D eigenvalue weighted by molar-refractivity contribution is 1.43. The molecule has 0 aliphatic heterocycles. The van der Waals surface area contributed by atoms with Gasteiger partial charge in [-0.05, 0) is 36.1 Å². The maximum absolute atomic E-state index is 2.18. The van der Waals surface area contributed by atoms with Crippen molar-refractivity contribution in [3.8, 4) is 0 Å². The Bertz CT molecular complexity index is 459. The summed E-state index contributed by atoms with van der Waals surface area (Å²) in [4.78, 5) is 0. The molecule has 2 aromatic carbocycles. The lowest BCUT2D eigenvalue weighted by Crippen LogP contribution is -1.80. The van der Waals surface area contributed by atoms with Crippen molar-refractivity contribution in [2.24, 2.45) is 0 Å². The van der Waals surface area contributed by atoms with Gasteiger partial charge in [0.05, 0.1) is 0 Å². The Kier molecular flexibility index (Phi) is 5.93. The zero-order valence-corrected chi connectivity index (χ0v) is 11.8. The molecule has 0 spiro atoms. The molecule has 0 heterocycles. The fraction of sp³-hybridized carbons (Fsp3) is 0.222. The predicted octanol–water partition coefficient (Wildman–Crippen LogP) is 5.50. The monoisotopic (exact) mass is 238 g/mol. The van der Waals surface area contributed by atoms with E-state index in [1.165, 1.54) is 22.3 Å². The number of rotatable bonds is 2. The van der Waals surface area contributed by atoms with Crippen LogP contribution in [0.4, 0.5) is 0 Å². The van der Waals surface area contributed by atoms with Crippen LogP contribution in [0.2, 0.25) is 0 Å². The highest BCUT2D eigenvalue weighted by atomic mass is 14.0. The highest BCUT2D eigenvalue weighted by molar-refractivity contribution is 5.72. The molecule has 0 fully saturated rings. The van der Waals surface area contributed by atoms with Crippen LogP contribution in [-0.4, -0.2) is 0 Å². The van der Waals surface area contributed by atoms with Crippen LogP contribution >= 0.6 is 0 Å². The van der Waals surface area contributed by atoms with Crippen LogP contribution in [0.1, 0.15) is 36.1 Å². The van der Waals surface area contributed by atoms with Crippen molar-refractivity contribution in [3.63, 3.8) is 0 Å². The van der Waals surface area contributed by atoms with Gasteiger partial charge >= 0.3 is 0 Å². The molecule has 0 saturated carbocycles. The minimum absolute atomic E-state index is 1.28. The molecule has 0 heteroatoms. The summed E-state index contributed by atoms with van der Waals surface area (Å²) in [6.07, 6.45) is 4.36. The Hall–Kier alpha value is -1.82. The summed E-state index contributed by atoms with van der Waals surface area (Å²) in [6.45, 7) is 8.27. The van der Waals surface area contributed by atoms with E-state index in [2.05, 4.69) is 74.5 Å². The van der Waals surface area contributed by atoms with Crippen LogP contribution in [-0.2, 0) is 0 Å². The first-order valence-electron chi connectivity index (χ1n) is 6.57. The number of hydrogen-bond donors (Lipinski definition) is 0. The van der Waals surface area contributed by atoms with Gasteiger partial charge in [-0.15, -0.1) is 0 Å². The summed E-state index contributed by atoms with van der Waals surface area (Å²) in [5.74, 6) is 0. The van der Waals surface area contributed by atoms with E-state index in [0.717, 1.165) is 0 Å². The average Bonchev–Trinajstić information content (AvgIpc) is 2.42. The molecule has 0 aliphatic carbocycles. The first-order valence-corrected chi connectivity index (χ1v) is 6.57. The second kappa shape index (κ2) is 7.50. The van der Waals surface area contributed by atoms with E-state index in [1.807, 2.05) is 13.8 Å². The van der Waals surface area contributed by atoms with E-state index in [-0.39, 0.29) is 0 Å². The van der Waals surface area contributed by atoms with Crippen LogP contribution in [0.15, 0.2) is 48.5 Å². The van der Waals surface area contributed by atoms with Crippen molar-refractivity contribution >= 4 is 12.2 Å². The van der Waals surface area contributed by atoms with Crippen molar-refractivity contribution in [1.29, 1.82) is 0 Å². The van der Waals surface area contributed by atoms with Gasteiger partial charge in [0.15, 0.2) is 0 Å². The molecule has 0 aromatic heterocycles. The molecule has 0 amide bonds. The summed E-state index contributed by atoms with van der Waals surface area (Å²) in [5.41, 5.74) is 5.19. The van der Waals surface area contributed by atoms with Crippen LogP contribution in [0.3, 0.4) is 0 Å². The molecule has 0 N–H and O–H groups in total. The highest BCUT2D eigenvalue weighted by Crippen LogP contribution is 2.14. The molecule has 18 heavy (non-hydrogen) atoms.